The van der Waals surface area contributed by atoms with Gasteiger partial charge in [-0.1, -0.05) is 12.8 Å². The molecule has 0 bridgehead atoms. The van der Waals surface area contributed by atoms with E-state index in [1.165, 1.54) is 12.8 Å². The summed E-state index contributed by atoms with van der Waals surface area (Å²) in [5, 5.41) is 5.75. The van der Waals surface area contributed by atoms with Crippen molar-refractivity contribution in [2.45, 2.75) is 51.7 Å². The van der Waals surface area contributed by atoms with Crippen molar-refractivity contribution in [3.63, 3.8) is 0 Å². The van der Waals surface area contributed by atoms with Gasteiger partial charge in [0.05, 0.1) is 12.7 Å². The van der Waals surface area contributed by atoms with Crippen molar-refractivity contribution in [2.24, 2.45) is 0 Å². The lowest BCUT2D eigenvalue weighted by Gasteiger charge is -2.13. The first kappa shape index (κ1) is 12.3. The van der Waals surface area contributed by atoms with Crippen LogP contribution in [0.4, 0.5) is 4.79 Å². The van der Waals surface area contributed by atoms with E-state index >= 15 is 0 Å². The van der Waals surface area contributed by atoms with Gasteiger partial charge in [0.15, 0.2) is 0 Å². The van der Waals surface area contributed by atoms with Crippen molar-refractivity contribution in [3.05, 3.63) is 0 Å². The van der Waals surface area contributed by atoms with Crippen molar-refractivity contribution in [1.29, 1.82) is 0 Å². The molecule has 1 rings (SSSR count). The second-order valence-corrected chi connectivity index (χ2v) is 4.30. The van der Waals surface area contributed by atoms with E-state index in [1.54, 1.807) is 0 Å². The molecular formula is C11H22N2O2. The predicted octanol–water partition coefficient (Wildman–Crippen LogP) is 1.65. The number of amides is 2. The fraction of sp³-hybridized carbons (Fsp3) is 0.909. The van der Waals surface area contributed by atoms with Crippen molar-refractivity contribution >= 4 is 6.03 Å². The molecule has 2 amide bonds. The van der Waals surface area contributed by atoms with E-state index in [9.17, 15) is 4.79 Å². The third-order valence-electron chi connectivity index (χ3n) is 2.53. The Morgan fingerprint density at radius 2 is 2.07 bits per heavy atom. The summed E-state index contributed by atoms with van der Waals surface area (Å²) >= 11 is 0. The summed E-state index contributed by atoms with van der Waals surface area (Å²) in [5.41, 5.74) is 0. The Labute approximate surface area is 91.8 Å². The van der Waals surface area contributed by atoms with Gasteiger partial charge in [0, 0.05) is 12.6 Å². The van der Waals surface area contributed by atoms with E-state index in [-0.39, 0.29) is 12.1 Å². The third-order valence-corrected chi connectivity index (χ3v) is 2.53. The molecule has 0 unspecified atom stereocenters. The lowest BCUT2D eigenvalue weighted by molar-refractivity contribution is 0.0817. The average molecular weight is 214 g/mol. The van der Waals surface area contributed by atoms with E-state index < -0.39 is 0 Å². The molecule has 0 spiro atoms. The van der Waals surface area contributed by atoms with Crippen LogP contribution in [-0.4, -0.2) is 31.3 Å². The molecule has 4 heteroatoms. The molecule has 1 aliphatic carbocycles. The van der Waals surface area contributed by atoms with Crippen molar-refractivity contribution < 1.29 is 9.53 Å². The zero-order chi connectivity index (χ0) is 11.1. The van der Waals surface area contributed by atoms with Gasteiger partial charge in [-0.05, 0) is 26.7 Å². The van der Waals surface area contributed by atoms with Gasteiger partial charge in [0.1, 0.15) is 0 Å². The van der Waals surface area contributed by atoms with Gasteiger partial charge in [0.2, 0.25) is 0 Å². The number of carbonyl (C=O) groups is 1. The van der Waals surface area contributed by atoms with Crippen LogP contribution in [0.3, 0.4) is 0 Å². The van der Waals surface area contributed by atoms with Crippen LogP contribution in [0.2, 0.25) is 0 Å². The number of carbonyl (C=O) groups excluding carboxylic acids is 1. The van der Waals surface area contributed by atoms with E-state index in [1.807, 2.05) is 13.8 Å². The lowest BCUT2D eigenvalue weighted by Crippen LogP contribution is -2.42. The quantitative estimate of drug-likeness (QED) is 0.684. The molecule has 2 N–H and O–H groups in total. The highest BCUT2D eigenvalue weighted by Gasteiger charge is 2.16. The van der Waals surface area contributed by atoms with Crippen LogP contribution >= 0.6 is 0 Å². The molecule has 0 heterocycles. The minimum atomic E-state index is -0.0609. The van der Waals surface area contributed by atoms with Crippen molar-refractivity contribution in [2.75, 3.05) is 13.2 Å². The number of nitrogens with one attached hydrogen (secondary N) is 2. The lowest BCUT2D eigenvalue weighted by atomic mass is 10.3. The number of urea groups is 1. The Hall–Kier alpha value is -0.770. The fourth-order valence-electron chi connectivity index (χ4n) is 1.77. The van der Waals surface area contributed by atoms with Crippen LogP contribution in [0.25, 0.3) is 0 Å². The van der Waals surface area contributed by atoms with Gasteiger partial charge < -0.3 is 15.4 Å². The van der Waals surface area contributed by atoms with Gasteiger partial charge in [-0.3, -0.25) is 0 Å². The van der Waals surface area contributed by atoms with E-state index in [4.69, 9.17) is 4.74 Å². The van der Waals surface area contributed by atoms with Crippen LogP contribution in [0.5, 0.6) is 0 Å². The Morgan fingerprint density at radius 3 is 2.67 bits per heavy atom. The van der Waals surface area contributed by atoms with Gasteiger partial charge >= 0.3 is 6.03 Å². The fourth-order valence-corrected chi connectivity index (χ4v) is 1.77. The molecule has 88 valence electrons. The van der Waals surface area contributed by atoms with Crippen LogP contribution < -0.4 is 10.6 Å². The minimum Gasteiger partial charge on any atom is -0.377 e. The van der Waals surface area contributed by atoms with Gasteiger partial charge in [-0.2, -0.15) is 0 Å². The molecule has 0 atom stereocenters. The Morgan fingerprint density at radius 1 is 1.40 bits per heavy atom. The van der Waals surface area contributed by atoms with E-state index in [0.717, 1.165) is 12.8 Å². The van der Waals surface area contributed by atoms with Crippen LogP contribution in [0, 0.1) is 0 Å². The first-order chi connectivity index (χ1) is 7.18. The molecule has 1 fully saturated rings. The van der Waals surface area contributed by atoms with Crippen LogP contribution in [-0.2, 0) is 4.74 Å². The largest absolute Gasteiger partial charge is 0.377 e. The number of rotatable bonds is 5. The molecular weight excluding hydrogens is 192 g/mol. The monoisotopic (exact) mass is 214 g/mol. The molecule has 1 aliphatic rings. The summed E-state index contributed by atoms with van der Waals surface area (Å²) in [6.07, 6.45) is 4.94. The minimum absolute atomic E-state index is 0.0609. The average Bonchev–Trinajstić information content (AvgIpc) is 2.64. The molecule has 0 radical (unpaired) electrons. The molecule has 15 heavy (non-hydrogen) atoms. The Kier molecular flexibility index (Phi) is 5.47. The second kappa shape index (κ2) is 6.67. The second-order valence-electron chi connectivity index (χ2n) is 4.30. The zero-order valence-corrected chi connectivity index (χ0v) is 9.71. The summed E-state index contributed by atoms with van der Waals surface area (Å²) in [6, 6.07) is 0.324. The Bertz CT molecular complexity index is 189. The molecule has 0 aromatic rings. The molecule has 0 aromatic heterocycles. The molecule has 4 nitrogen and oxygen atoms in total. The third kappa shape index (κ3) is 5.62. The maximum atomic E-state index is 11.4. The van der Waals surface area contributed by atoms with Crippen LogP contribution in [0.1, 0.15) is 39.5 Å². The summed E-state index contributed by atoms with van der Waals surface area (Å²) in [6.45, 7) is 5.13. The summed E-state index contributed by atoms with van der Waals surface area (Å²) in [5.74, 6) is 0. The van der Waals surface area contributed by atoms with Gasteiger partial charge in [-0.25, -0.2) is 4.79 Å². The highest BCUT2D eigenvalue weighted by molar-refractivity contribution is 5.74. The van der Waals surface area contributed by atoms with Crippen molar-refractivity contribution in [3.8, 4) is 0 Å². The van der Waals surface area contributed by atoms with Gasteiger partial charge in [0.25, 0.3) is 0 Å². The topological polar surface area (TPSA) is 50.4 Å². The number of hydrogen-bond donors (Lipinski definition) is 2. The predicted molar refractivity (Wildman–Crippen MR) is 59.9 cm³/mol. The zero-order valence-electron chi connectivity index (χ0n) is 9.71. The highest BCUT2D eigenvalue weighted by atomic mass is 16.5. The van der Waals surface area contributed by atoms with E-state index in [2.05, 4.69) is 10.6 Å². The maximum Gasteiger partial charge on any atom is 0.315 e. The molecule has 0 saturated heterocycles. The highest BCUT2D eigenvalue weighted by Crippen LogP contribution is 2.17. The van der Waals surface area contributed by atoms with Crippen LogP contribution in [0.15, 0.2) is 0 Å². The maximum absolute atomic E-state index is 11.4. The summed E-state index contributed by atoms with van der Waals surface area (Å²) in [7, 11) is 0. The first-order valence-electron chi connectivity index (χ1n) is 5.84. The SMILES string of the molecule is CC(C)OCCNC(=O)NC1CCCC1. The van der Waals surface area contributed by atoms with Crippen molar-refractivity contribution in [1.82, 2.24) is 10.6 Å². The smallest absolute Gasteiger partial charge is 0.315 e. The number of hydrogen-bond acceptors (Lipinski definition) is 2. The summed E-state index contributed by atoms with van der Waals surface area (Å²) in [4.78, 5) is 11.4. The molecule has 0 aromatic carbocycles. The number of ether oxygens (including phenoxy) is 1. The van der Waals surface area contributed by atoms with Gasteiger partial charge in [-0.15, -0.1) is 0 Å². The standard InChI is InChI=1S/C11H22N2O2/c1-9(2)15-8-7-12-11(14)13-10-5-3-4-6-10/h9-10H,3-8H2,1-2H3,(H2,12,13,14). The Balaban J connectivity index is 1.98. The summed E-state index contributed by atoms with van der Waals surface area (Å²) < 4.78 is 5.32. The first-order valence-corrected chi connectivity index (χ1v) is 5.84. The molecule has 1 saturated carbocycles. The molecule has 0 aliphatic heterocycles. The van der Waals surface area contributed by atoms with E-state index in [0.29, 0.717) is 19.2 Å². The normalized spacial score (nSPS) is 17.0.